The van der Waals surface area contributed by atoms with E-state index < -0.39 is 0 Å². The topological polar surface area (TPSA) is 35.0 Å². The number of fused-ring (bicyclic) bond motifs is 1. The Morgan fingerprint density at radius 3 is 2.62 bits per heavy atom. The summed E-state index contributed by atoms with van der Waals surface area (Å²) in [6, 6.07) is 18.2. The van der Waals surface area contributed by atoms with Crippen LogP contribution in [-0.2, 0) is 6.61 Å². The van der Waals surface area contributed by atoms with E-state index in [0.717, 1.165) is 38.5 Å². The Morgan fingerprint density at radius 1 is 1.00 bits per heavy atom. The number of ether oxygens (including phenoxy) is 1. The maximum Gasteiger partial charge on any atom is 0.119 e. The van der Waals surface area contributed by atoms with Gasteiger partial charge in [0.1, 0.15) is 12.4 Å². The average Bonchev–Trinajstić information content (AvgIpc) is 3.07. The minimum Gasteiger partial charge on any atom is -0.489 e. The number of aryl methyl sites for hydroxylation is 1. The number of hydrogen-bond acceptors (Lipinski definition) is 4. The molecule has 2 aromatic heterocycles. The van der Waals surface area contributed by atoms with Crippen molar-refractivity contribution in [3.05, 3.63) is 76.7 Å². The van der Waals surface area contributed by atoms with E-state index in [0.29, 0.717) is 6.61 Å². The van der Waals surface area contributed by atoms with Gasteiger partial charge < -0.3 is 4.74 Å². The summed E-state index contributed by atoms with van der Waals surface area (Å²) in [7, 11) is 0. The maximum absolute atomic E-state index is 5.94. The molecule has 0 saturated carbocycles. The number of thiazole rings is 1. The van der Waals surface area contributed by atoms with Gasteiger partial charge in [-0.1, -0.05) is 24.3 Å². The highest BCUT2D eigenvalue weighted by Gasteiger charge is 2.05. The zero-order valence-corrected chi connectivity index (χ0v) is 14.1. The summed E-state index contributed by atoms with van der Waals surface area (Å²) in [5.74, 6) is 0.846. The van der Waals surface area contributed by atoms with Crippen molar-refractivity contribution in [3.8, 4) is 17.0 Å². The first-order chi connectivity index (χ1) is 11.8. The predicted octanol–water partition coefficient (Wildman–Crippen LogP) is 5.25. The van der Waals surface area contributed by atoms with E-state index in [-0.39, 0.29) is 0 Å². The maximum atomic E-state index is 5.94. The van der Waals surface area contributed by atoms with Crippen molar-refractivity contribution >= 4 is 22.2 Å². The second kappa shape index (κ2) is 6.42. The van der Waals surface area contributed by atoms with E-state index in [1.54, 1.807) is 11.3 Å². The van der Waals surface area contributed by atoms with Crippen LogP contribution < -0.4 is 4.74 Å². The third-order valence-corrected chi connectivity index (χ3v) is 4.65. The number of para-hydroxylation sites is 1. The van der Waals surface area contributed by atoms with Crippen LogP contribution in [0.4, 0.5) is 0 Å². The van der Waals surface area contributed by atoms with Gasteiger partial charge in [-0.05, 0) is 37.3 Å². The van der Waals surface area contributed by atoms with Crippen molar-refractivity contribution in [1.82, 2.24) is 9.97 Å². The summed E-state index contributed by atoms with van der Waals surface area (Å²) >= 11 is 1.66. The molecule has 0 amide bonds. The van der Waals surface area contributed by atoms with Gasteiger partial charge in [-0.2, -0.15) is 0 Å². The Balaban J connectivity index is 1.51. The lowest BCUT2D eigenvalue weighted by Crippen LogP contribution is -1.97. The molecular weight excluding hydrogens is 316 g/mol. The number of nitrogens with zero attached hydrogens (tertiary/aromatic N) is 2. The van der Waals surface area contributed by atoms with Crippen molar-refractivity contribution in [1.29, 1.82) is 0 Å². The minimum atomic E-state index is 0.503. The molecule has 0 saturated heterocycles. The lowest BCUT2D eigenvalue weighted by atomic mass is 10.1. The number of hydrogen-bond donors (Lipinski definition) is 0. The lowest BCUT2D eigenvalue weighted by molar-refractivity contribution is 0.307. The number of benzene rings is 2. The van der Waals surface area contributed by atoms with Crippen LogP contribution in [0.15, 0.2) is 66.2 Å². The largest absolute Gasteiger partial charge is 0.489 e. The molecule has 4 rings (SSSR count). The summed E-state index contributed by atoms with van der Waals surface area (Å²) in [6.45, 7) is 2.52. The first kappa shape index (κ1) is 14.8. The van der Waals surface area contributed by atoms with Crippen LogP contribution in [0.3, 0.4) is 0 Å². The van der Waals surface area contributed by atoms with Crippen LogP contribution in [0.25, 0.3) is 22.2 Å². The highest BCUT2D eigenvalue weighted by molar-refractivity contribution is 7.09. The quantitative estimate of drug-likeness (QED) is 0.512. The van der Waals surface area contributed by atoms with Gasteiger partial charge in [0.25, 0.3) is 0 Å². The zero-order valence-electron chi connectivity index (χ0n) is 13.3. The van der Waals surface area contributed by atoms with E-state index >= 15 is 0 Å². The first-order valence-electron chi connectivity index (χ1n) is 7.77. The molecule has 0 unspecified atom stereocenters. The minimum absolute atomic E-state index is 0.503. The number of aromatic nitrogens is 2. The van der Waals surface area contributed by atoms with Crippen LogP contribution >= 0.6 is 11.3 Å². The van der Waals surface area contributed by atoms with E-state index in [2.05, 4.69) is 33.5 Å². The molecule has 3 nitrogen and oxygen atoms in total. The molecule has 0 aliphatic carbocycles. The molecule has 0 radical (unpaired) electrons. The Kier molecular flexibility index (Phi) is 3.97. The van der Waals surface area contributed by atoms with E-state index in [1.165, 1.54) is 0 Å². The van der Waals surface area contributed by atoms with Crippen molar-refractivity contribution in [2.75, 3.05) is 0 Å². The van der Waals surface area contributed by atoms with Gasteiger partial charge in [-0.15, -0.1) is 11.3 Å². The monoisotopic (exact) mass is 332 g/mol. The third-order valence-electron chi connectivity index (χ3n) is 3.88. The lowest BCUT2D eigenvalue weighted by Gasteiger charge is -2.09. The van der Waals surface area contributed by atoms with Crippen LogP contribution in [0.1, 0.15) is 10.6 Å². The Hall–Kier alpha value is -2.72. The fourth-order valence-electron chi connectivity index (χ4n) is 2.66. The average molecular weight is 332 g/mol. The third kappa shape index (κ3) is 3.01. The summed E-state index contributed by atoms with van der Waals surface area (Å²) in [5, 5.41) is 4.29. The van der Waals surface area contributed by atoms with Gasteiger partial charge in [0.15, 0.2) is 0 Å². The molecule has 0 aliphatic rings. The fraction of sp³-hybridized carbons (Fsp3) is 0.100. The molecule has 4 heteroatoms. The zero-order chi connectivity index (χ0) is 16.4. The van der Waals surface area contributed by atoms with Gasteiger partial charge in [0.05, 0.1) is 16.2 Å². The summed E-state index contributed by atoms with van der Waals surface area (Å²) in [5.41, 5.74) is 4.21. The summed E-state index contributed by atoms with van der Waals surface area (Å²) < 4.78 is 5.94. The molecule has 0 bridgehead atoms. The molecular formula is C20H16N2OS. The van der Waals surface area contributed by atoms with Crippen LogP contribution in [-0.4, -0.2) is 9.97 Å². The smallest absolute Gasteiger partial charge is 0.119 e. The number of rotatable bonds is 4. The highest BCUT2D eigenvalue weighted by atomic mass is 32.1. The second-order valence-electron chi connectivity index (χ2n) is 5.56. The second-order valence-corrected chi connectivity index (χ2v) is 6.62. The van der Waals surface area contributed by atoms with Crippen molar-refractivity contribution in [2.45, 2.75) is 13.5 Å². The SMILES string of the molecule is Cc1nc(-c2ccc(OCc3cccc4cccnc34)cc2)cs1. The first-order valence-corrected chi connectivity index (χ1v) is 8.65. The Bertz CT molecular complexity index is 971. The Morgan fingerprint density at radius 2 is 1.83 bits per heavy atom. The normalized spacial score (nSPS) is 10.9. The van der Waals surface area contributed by atoms with Crippen molar-refractivity contribution in [3.63, 3.8) is 0 Å². The van der Waals surface area contributed by atoms with Gasteiger partial charge in [0.2, 0.25) is 0 Å². The van der Waals surface area contributed by atoms with Crippen LogP contribution in [0, 0.1) is 6.92 Å². The van der Waals surface area contributed by atoms with Crippen LogP contribution in [0.5, 0.6) is 5.75 Å². The number of pyridine rings is 1. The Labute approximate surface area is 144 Å². The molecule has 0 atom stereocenters. The molecule has 4 aromatic rings. The van der Waals surface area contributed by atoms with Gasteiger partial charge in [-0.3, -0.25) is 4.98 Å². The van der Waals surface area contributed by atoms with E-state index in [4.69, 9.17) is 4.74 Å². The van der Waals surface area contributed by atoms with Gasteiger partial charge in [-0.25, -0.2) is 4.98 Å². The molecule has 0 N–H and O–H groups in total. The standard InChI is InChI=1S/C20H16N2OS/c1-14-22-19(13-24-14)15-7-9-18(10-8-15)23-12-17-5-2-4-16-6-3-11-21-20(16)17/h2-11,13H,12H2,1H3. The van der Waals surface area contributed by atoms with Crippen molar-refractivity contribution in [2.24, 2.45) is 0 Å². The molecule has 0 aliphatic heterocycles. The molecule has 0 spiro atoms. The summed E-state index contributed by atoms with van der Waals surface area (Å²) in [6.07, 6.45) is 1.82. The van der Waals surface area contributed by atoms with Crippen molar-refractivity contribution < 1.29 is 4.74 Å². The predicted molar refractivity (Wildman–Crippen MR) is 98.4 cm³/mol. The van der Waals surface area contributed by atoms with Gasteiger partial charge in [0, 0.05) is 28.1 Å². The van der Waals surface area contributed by atoms with Gasteiger partial charge >= 0.3 is 0 Å². The van der Waals surface area contributed by atoms with Crippen LogP contribution in [0.2, 0.25) is 0 Å². The molecule has 24 heavy (non-hydrogen) atoms. The molecule has 0 fully saturated rings. The molecule has 2 heterocycles. The highest BCUT2D eigenvalue weighted by Crippen LogP contribution is 2.25. The van der Waals surface area contributed by atoms with E-state index in [1.807, 2.05) is 49.5 Å². The molecule has 2 aromatic carbocycles. The van der Waals surface area contributed by atoms with E-state index in [9.17, 15) is 0 Å². The molecule has 118 valence electrons. The summed E-state index contributed by atoms with van der Waals surface area (Å²) in [4.78, 5) is 8.97. The fourth-order valence-corrected chi connectivity index (χ4v) is 3.28.